The number of esters is 1. The monoisotopic (exact) mass is 517 g/mol. The molecule has 168 valence electrons. The summed E-state index contributed by atoms with van der Waals surface area (Å²) in [7, 11) is 0. The van der Waals surface area contributed by atoms with Gasteiger partial charge in [0, 0.05) is 5.02 Å². The van der Waals surface area contributed by atoms with Crippen LogP contribution in [0.25, 0.3) is 6.08 Å². The number of benzene rings is 2. The second-order valence-corrected chi connectivity index (χ2v) is 8.63. The molecule has 0 bridgehead atoms. The van der Waals surface area contributed by atoms with Crippen LogP contribution in [0.15, 0.2) is 35.2 Å². The normalized spacial score (nSPS) is 14.9. The van der Waals surface area contributed by atoms with Gasteiger partial charge in [-0.2, -0.15) is 0 Å². The number of ether oxygens (including phenoxy) is 2. The van der Waals surface area contributed by atoms with Crippen LogP contribution in [0.3, 0.4) is 0 Å². The summed E-state index contributed by atoms with van der Waals surface area (Å²) in [6.45, 7) is 1.42. The molecule has 0 unspecified atom stereocenters. The van der Waals surface area contributed by atoms with Crippen molar-refractivity contribution in [3.05, 3.63) is 67.2 Å². The Bertz CT molecular complexity index is 1100. The Morgan fingerprint density at radius 3 is 2.44 bits per heavy atom. The Kier molecular flexibility index (Phi) is 8.05. The molecule has 1 heterocycles. The average molecular weight is 519 g/mol. The van der Waals surface area contributed by atoms with Crippen molar-refractivity contribution in [3.63, 3.8) is 0 Å². The molecule has 11 heteroatoms. The van der Waals surface area contributed by atoms with Gasteiger partial charge in [-0.1, -0.05) is 40.9 Å². The second-order valence-electron chi connectivity index (χ2n) is 6.41. The third-order valence-electron chi connectivity index (χ3n) is 4.18. The summed E-state index contributed by atoms with van der Waals surface area (Å²) >= 11 is 19.2. The van der Waals surface area contributed by atoms with Gasteiger partial charge in [-0.3, -0.25) is 14.5 Å². The fourth-order valence-corrected chi connectivity index (χ4v) is 4.42. The number of rotatable bonds is 7. The van der Waals surface area contributed by atoms with E-state index in [2.05, 4.69) is 0 Å². The second kappa shape index (κ2) is 10.6. The highest BCUT2D eigenvalue weighted by Crippen LogP contribution is 2.38. The van der Waals surface area contributed by atoms with Gasteiger partial charge in [-0.05, 0) is 60.2 Å². The minimum atomic E-state index is -0.571. The molecule has 6 nitrogen and oxygen atoms in total. The molecule has 0 aromatic heterocycles. The molecule has 2 amide bonds. The van der Waals surface area contributed by atoms with E-state index in [1.54, 1.807) is 6.92 Å². The van der Waals surface area contributed by atoms with Gasteiger partial charge in [0.25, 0.3) is 11.1 Å². The quantitative estimate of drug-likeness (QED) is 0.332. The topological polar surface area (TPSA) is 72.9 Å². The summed E-state index contributed by atoms with van der Waals surface area (Å²) in [6.07, 6.45) is 1.46. The fourth-order valence-electron chi connectivity index (χ4n) is 2.74. The van der Waals surface area contributed by atoms with Crippen LogP contribution < -0.4 is 4.74 Å². The van der Waals surface area contributed by atoms with Gasteiger partial charge in [-0.25, -0.2) is 9.18 Å². The van der Waals surface area contributed by atoms with Gasteiger partial charge in [0.1, 0.15) is 5.82 Å². The van der Waals surface area contributed by atoms with Gasteiger partial charge in [0.2, 0.25) is 0 Å². The molecule has 2 aromatic rings. The standard InChI is InChI=1S/C21H15Cl3FNO5S/c1-2-30-18(27)10-31-19-15(23)5-11(6-16(19)24)7-17-20(28)26(21(29)32-17)9-12-3-4-13(25)8-14(12)22/h3-8H,2,9-10H2,1H3/b17-7-. The molecule has 0 radical (unpaired) electrons. The molecule has 1 saturated heterocycles. The maximum Gasteiger partial charge on any atom is 0.344 e. The third kappa shape index (κ3) is 5.75. The van der Waals surface area contributed by atoms with Crippen molar-refractivity contribution in [2.75, 3.05) is 13.2 Å². The predicted octanol–water partition coefficient (Wildman–Crippen LogP) is 5.96. The van der Waals surface area contributed by atoms with Crippen molar-refractivity contribution in [2.45, 2.75) is 13.5 Å². The first-order valence-corrected chi connectivity index (χ1v) is 11.1. The fraction of sp³-hybridized carbons (Fsp3) is 0.190. The van der Waals surface area contributed by atoms with Crippen molar-refractivity contribution in [2.24, 2.45) is 0 Å². The Hall–Kier alpha value is -2.26. The molecule has 0 N–H and O–H groups in total. The van der Waals surface area contributed by atoms with Crippen LogP contribution in [-0.4, -0.2) is 35.2 Å². The minimum Gasteiger partial charge on any atom is -0.479 e. The van der Waals surface area contributed by atoms with Gasteiger partial charge < -0.3 is 9.47 Å². The predicted molar refractivity (Wildman–Crippen MR) is 122 cm³/mol. The van der Waals surface area contributed by atoms with Crippen LogP contribution in [0, 0.1) is 5.82 Å². The van der Waals surface area contributed by atoms with Crippen LogP contribution in [0.2, 0.25) is 15.1 Å². The zero-order chi connectivity index (χ0) is 23.4. The lowest BCUT2D eigenvalue weighted by atomic mass is 10.2. The van der Waals surface area contributed by atoms with Gasteiger partial charge in [0.05, 0.1) is 28.1 Å². The first kappa shape index (κ1) is 24.4. The van der Waals surface area contributed by atoms with E-state index in [0.29, 0.717) is 11.1 Å². The van der Waals surface area contributed by atoms with E-state index in [0.717, 1.165) is 22.7 Å². The first-order valence-electron chi connectivity index (χ1n) is 9.16. The van der Waals surface area contributed by atoms with E-state index >= 15 is 0 Å². The van der Waals surface area contributed by atoms with E-state index in [-0.39, 0.29) is 45.5 Å². The molecule has 0 atom stereocenters. The number of amides is 2. The number of nitrogens with zero attached hydrogens (tertiary/aromatic N) is 1. The van der Waals surface area contributed by atoms with E-state index in [9.17, 15) is 18.8 Å². The lowest BCUT2D eigenvalue weighted by Gasteiger charge is -2.13. The molecular formula is C21H15Cl3FNO5S. The lowest BCUT2D eigenvalue weighted by Crippen LogP contribution is -2.27. The summed E-state index contributed by atoms with van der Waals surface area (Å²) in [6, 6.07) is 6.70. The van der Waals surface area contributed by atoms with Crippen molar-refractivity contribution >= 4 is 69.8 Å². The molecule has 0 aliphatic carbocycles. The van der Waals surface area contributed by atoms with Crippen LogP contribution in [0.1, 0.15) is 18.1 Å². The van der Waals surface area contributed by atoms with Crippen molar-refractivity contribution in [1.82, 2.24) is 4.90 Å². The van der Waals surface area contributed by atoms with Crippen LogP contribution in [-0.2, 0) is 20.9 Å². The Morgan fingerprint density at radius 1 is 1.12 bits per heavy atom. The zero-order valence-corrected chi connectivity index (χ0v) is 19.6. The number of thioether (sulfide) groups is 1. The van der Waals surface area contributed by atoms with Crippen molar-refractivity contribution < 1.29 is 28.2 Å². The van der Waals surface area contributed by atoms with Crippen molar-refractivity contribution in [1.29, 1.82) is 0 Å². The van der Waals surface area contributed by atoms with E-state index in [1.807, 2.05) is 0 Å². The maximum absolute atomic E-state index is 13.2. The Labute approximate surface area is 202 Å². The first-order chi connectivity index (χ1) is 15.2. The molecular weight excluding hydrogens is 504 g/mol. The molecule has 1 aliphatic heterocycles. The number of hydrogen-bond acceptors (Lipinski definition) is 6. The summed E-state index contributed by atoms with van der Waals surface area (Å²) in [5.74, 6) is -1.53. The molecule has 0 spiro atoms. The van der Waals surface area contributed by atoms with Gasteiger partial charge in [-0.15, -0.1) is 0 Å². The lowest BCUT2D eigenvalue weighted by molar-refractivity contribution is -0.145. The highest BCUT2D eigenvalue weighted by molar-refractivity contribution is 8.18. The van der Waals surface area contributed by atoms with Gasteiger partial charge in [0.15, 0.2) is 12.4 Å². The Morgan fingerprint density at radius 2 is 1.81 bits per heavy atom. The zero-order valence-electron chi connectivity index (χ0n) is 16.5. The minimum absolute atomic E-state index is 0.0940. The molecule has 1 fully saturated rings. The van der Waals surface area contributed by atoms with Crippen LogP contribution >= 0.6 is 46.6 Å². The number of carbonyl (C=O) groups is 3. The summed E-state index contributed by atoms with van der Waals surface area (Å²) < 4.78 is 23.3. The highest BCUT2D eigenvalue weighted by atomic mass is 35.5. The van der Waals surface area contributed by atoms with E-state index in [4.69, 9.17) is 44.3 Å². The maximum atomic E-state index is 13.2. The molecule has 3 rings (SSSR count). The highest BCUT2D eigenvalue weighted by Gasteiger charge is 2.35. The Balaban J connectivity index is 1.77. The molecule has 32 heavy (non-hydrogen) atoms. The number of hydrogen-bond donors (Lipinski definition) is 0. The average Bonchev–Trinajstić information content (AvgIpc) is 2.96. The number of imide groups is 1. The van der Waals surface area contributed by atoms with Crippen LogP contribution in [0.4, 0.5) is 9.18 Å². The van der Waals surface area contributed by atoms with E-state index < -0.39 is 22.9 Å². The van der Waals surface area contributed by atoms with Crippen molar-refractivity contribution in [3.8, 4) is 5.75 Å². The SMILES string of the molecule is CCOC(=O)COc1c(Cl)cc(/C=C2\SC(=O)N(Cc3ccc(F)cc3Cl)C2=O)cc1Cl. The van der Waals surface area contributed by atoms with Gasteiger partial charge >= 0.3 is 5.97 Å². The summed E-state index contributed by atoms with van der Waals surface area (Å²) in [5, 5.41) is -0.144. The summed E-state index contributed by atoms with van der Waals surface area (Å²) in [5.41, 5.74) is 0.889. The molecule has 0 saturated carbocycles. The molecule has 2 aromatic carbocycles. The number of halogens is 4. The summed E-state index contributed by atoms with van der Waals surface area (Å²) in [4.78, 5) is 37.7. The smallest absolute Gasteiger partial charge is 0.344 e. The molecule has 1 aliphatic rings. The van der Waals surface area contributed by atoms with Crippen LogP contribution in [0.5, 0.6) is 5.75 Å². The van der Waals surface area contributed by atoms with E-state index in [1.165, 1.54) is 30.3 Å². The third-order valence-corrected chi connectivity index (χ3v) is 6.00. The number of carbonyl (C=O) groups excluding carboxylic acids is 3. The largest absolute Gasteiger partial charge is 0.479 e.